The number of aryl methyl sites for hydroxylation is 1. The van der Waals surface area contributed by atoms with Gasteiger partial charge in [0.05, 0.1) is 5.56 Å². The van der Waals surface area contributed by atoms with Gasteiger partial charge in [-0.15, -0.1) is 0 Å². The van der Waals surface area contributed by atoms with Crippen LogP contribution in [0.15, 0.2) is 28.7 Å². The third kappa shape index (κ3) is 1.97. The van der Waals surface area contributed by atoms with Crippen molar-refractivity contribution in [2.75, 3.05) is 0 Å². The van der Waals surface area contributed by atoms with Crippen molar-refractivity contribution in [3.05, 3.63) is 51.3 Å². The molecule has 0 spiro atoms. The molecule has 0 atom stereocenters. The minimum absolute atomic E-state index is 0.354. The molecular formula is C14H14BrNO2. The maximum atomic E-state index is 11.1. The van der Waals surface area contributed by atoms with E-state index in [9.17, 15) is 4.79 Å². The first-order chi connectivity index (χ1) is 8.43. The number of carbonyl (C=O) groups is 1. The third-order valence-corrected chi connectivity index (χ3v) is 4.00. The van der Waals surface area contributed by atoms with Crippen LogP contribution in [0.5, 0.6) is 0 Å². The van der Waals surface area contributed by atoms with Crippen molar-refractivity contribution >= 4 is 21.9 Å². The number of benzene rings is 1. The predicted molar refractivity (Wildman–Crippen MR) is 74.6 cm³/mol. The molecule has 1 aromatic carbocycles. The fourth-order valence-corrected chi connectivity index (χ4v) is 2.54. The van der Waals surface area contributed by atoms with E-state index < -0.39 is 5.97 Å². The lowest BCUT2D eigenvalue weighted by atomic mass is 10.2. The molecule has 0 radical (unpaired) electrons. The lowest BCUT2D eigenvalue weighted by molar-refractivity contribution is 0.0696. The summed E-state index contributed by atoms with van der Waals surface area (Å²) in [6, 6.07) is 7.63. The third-order valence-electron chi connectivity index (χ3n) is 3.14. The van der Waals surface area contributed by atoms with Gasteiger partial charge in [0.1, 0.15) is 0 Å². The highest BCUT2D eigenvalue weighted by atomic mass is 79.9. The minimum Gasteiger partial charge on any atom is -0.478 e. The van der Waals surface area contributed by atoms with E-state index >= 15 is 0 Å². The van der Waals surface area contributed by atoms with Gasteiger partial charge in [0.25, 0.3) is 0 Å². The smallest absolute Gasteiger partial charge is 0.337 e. The normalized spacial score (nSPS) is 10.7. The largest absolute Gasteiger partial charge is 0.478 e. The summed E-state index contributed by atoms with van der Waals surface area (Å²) in [7, 11) is 0. The summed E-state index contributed by atoms with van der Waals surface area (Å²) in [5, 5.41) is 9.15. The number of hydrogen-bond donors (Lipinski definition) is 1. The monoisotopic (exact) mass is 307 g/mol. The number of hydrogen-bond acceptors (Lipinski definition) is 1. The van der Waals surface area contributed by atoms with Crippen LogP contribution in [0.4, 0.5) is 0 Å². The van der Waals surface area contributed by atoms with Crippen LogP contribution in [0, 0.1) is 20.8 Å². The van der Waals surface area contributed by atoms with Gasteiger partial charge in [-0.25, -0.2) is 4.79 Å². The maximum Gasteiger partial charge on any atom is 0.337 e. The van der Waals surface area contributed by atoms with Gasteiger partial charge in [-0.1, -0.05) is 22.0 Å². The molecule has 0 aliphatic heterocycles. The van der Waals surface area contributed by atoms with Gasteiger partial charge in [-0.3, -0.25) is 0 Å². The Labute approximate surface area is 114 Å². The van der Waals surface area contributed by atoms with E-state index in [4.69, 9.17) is 5.11 Å². The zero-order chi connectivity index (χ0) is 13.4. The zero-order valence-corrected chi connectivity index (χ0v) is 12.1. The number of rotatable bonds is 2. The lowest BCUT2D eigenvalue weighted by Gasteiger charge is -2.13. The molecule has 1 aromatic heterocycles. The van der Waals surface area contributed by atoms with Gasteiger partial charge in [0, 0.05) is 21.5 Å². The van der Waals surface area contributed by atoms with Crippen LogP contribution in [0.2, 0.25) is 0 Å². The predicted octanol–water partition coefficient (Wildman–Crippen LogP) is 3.86. The summed E-state index contributed by atoms with van der Waals surface area (Å²) in [6.45, 7) is 5.76. The quantitative estimate of drug-likeness (QED) is 0.915. The van der Waals surface area contributed by atoms with Crippen LogP contribution in [0.1, 0.15) is 27.3 Å². The van der Waals surface area contributed by atoms with Crippen molar-refractivity contribution in [2.24, 2.45) is 0 Å². The number of carboxylic acids is 1. The first-order valence-corrected chi connectivity index (χ1v) is 6.40. The molecule has 1 heterocycles. The first-order valence-electron chi connectivity index (χ1n) is 5.61. The summed E-state index contributed by atoms with van der Waals surface area (Å²) < 4.78 is 2.99. The molecule has 0 amide bonds. The lowest BCUT2D eigenvalue weighted by Crippen LogP contribution is -2.04. The van der Waals surface area contributed by atoms with Crippen LogP contribution < -0.4 is 0 Å². The zero-order valence-electron chi connectivity index (χ0n) is 10.5. The maximum absolute atomic E-state index is 11.1. The number of aromatic carboxylic acids is 1. The van der Waals surface area contributed by atoms with Crippen molar-refractivity contribution < 1.29 is 9.90 Å². The minimum atomic E-state index is -0.887. The van der Waals surface area contributed by atoms with Gasteiger partial charge in [0.2, 0.25) is 0 Å². The van der Waals surface area contributed by atoms with Crippen molar-refractivity contribution in [2.45, 2.75) is 20.8 Å². The van der Waals surface area contributed by atoms with Crippen molar-refractivity contribution in [1.82, 2.24) is 4.57 Å². The summed E-state index contributed by atoms with van der Waals surface area (Å²) in [5.74, 6) is -0.887. The van der Waals surface area contributed by atoms with E-state index in [-0.39, 0.29) is 0 Å². The van der Waals surface area contributed by atoms with Gasteiger partial charge in [-0.2, -0.15) is 0 Å². The van der Waals surface area contributed by atoms with Crippen molar-refractivity contribution in [1.29, 1.82) is 0 Å². The molecule has 0 bridgehead atoms. The van der Waals surface area contributed by atoms with E-state index in [1.165, 1.54) is 0 Å². The molecule has 3 nitrogen and oxygen atoms in total. The summed E-state index contributed by atoms with van der Waals surface area (Å²) in [4.78, 5) is 11.1. The van der Waals surface area contributed by atoms with Crippen molar-refractivity contribution in [3.8, 4) is 5.69 Å². The Bertz CT molecular complexity index is 629. The van der Waals surface area contributed by atoms with E-state index in [0.717, 1.165) is 27.1 Å². The molecule has 0 fully saturated rings. The highest BCUT2D eigenvalue weighted by molar-refractivity contribution is 9.10. The fraction of sp³-hybridized carbons (Fsp3) is 0.214. The Hall–Kier alpha value is -1.55. The molecule has 1 N–H and O–H groups in total. The summed E-state index contributed by atoms with van der Waals surface area (Å²) in [5.41, 5.74) is 4.13. The van der Waals surface area contributed by atoms with E-state index in [2.05, 4.69) is 15.9 Å². The van der Waals surface area contributed by atoms with Gasteiger partial charge in [0.15, 0.2) is 0 Å². The number of aromatic nitrogens is 1. The second-order valence-corrected chi connectivity index (χ2v) is 5.16. The molecule has 0 aliphatic carbocycles. The van der Waals surface area contributed by atoms with E-state index in [0.29, 0.717) is 5.56 Å². The molecular weight excluding hydrogens is 294 g/mol. The van der Waals surface area contributed by atoms with Crippen LogP contribution >= 0.6 is 15.9 Å². The van der Waals surface area contributed by atoms with Gasteiger partial charge >= 0.3 is 5.97 Å². The molecule has 2 aromatic rings. The van der Waals surface area contributed by atoms with Gasteiger partial charge < -0.3 is 9.67 Å². The fourth-order valence-electron chi connectivity index (χ4n) is 2.19. The Morgan fingerprint density at radius 1 is 1.28 bits per heavy atom. The van der Waals surface area contributed by atoms with Gasteiger partial charge in [-0.05, 0) is 44.5 Å². The van der Waals surface area contributed by atoms with Crippen LogP contribution in [-0.4, -0.2) is 15.6 Å². The Morgan fingerprint density at radius 3 is 2.50 bits per heavy atom. The highest BCUT2D eigenvalue weighted by Gasteiger charge is 2.16. The molecule has 18 heavy (non-hydrogen) atoms. The molecule has 2 rings (SSSR count). The SMILES string of the molecule is Cc1c(Br)cccc1-n1c(C)cc(C(=O)O)c1C. The topological polar surface area (TPSA) is 42.2 Å². The Balaban J connectivity index is 2.72. The van der Waals surface area contributed by atoms with E-state index in [1.807, 2.05) is 43.5 Å². The molecule has 4 heteroatoms. The summed E-state index contributed by atoms with van der Waals surface area (Å²) in [6.07, 6.45) is 0. The van der Waals surface area contributed by atoms with Crippen LogP contribution in [0.25, 0.3) is 5.69 Å². The molecule has 0 saturated carbocycles. The van der Waals surface area contributed by atoms with Crippen molar-refractivity contribution in [3.63, 3.8) is 0 Å². The Kier molecular flexibility index (Phi) is 3.30. The van der Waals surface area contributed by atoms with Crippen LogP contribution in [0.3, 0.4) is 0 Å². The molecule has 0 unspecified atom stereocenters. The average Bonchev–Trinajstić information content (AvgIpc) is 2.59. The first kappa shape index (κ1) is 12.9. The van der Waals surface area contributed by atoms with E-state index in [1.54, 1.807) is 6.07 Å². The van der Waals surface area contributed by atoms with Crippen LogP contribution in [-0.2, 0) is 0 Å². The molecule has 94 valence electrons. The second-order valence-electron chi connectivity index (χ2n) is 4.31. The number of carboxylic acid groups (broad SMARTS) is 1. The number of nitrogens with zero attached hydrogens (tertiary/aromatic N) is 1. The summed E-state index contributed by atoms with van der Waals surface area (Å²) >= 11 is 3.50. The second kappa shape index (κ2) is 4.61. The highest BCUT2D eigenvalue weighted by Crippen LogP contribution is 2.27. The standard InChI is InChI=1S/C14H14BrNO2/c1-8-7-11(14(17)18)10(3)16(8)13-6-4-5-12(15)9(13)2/h4-7H,1-3H3,(H,17,18). The average molecular weight is 308 g/mol. The Morgan fingerprint density at radius 2 is 1.94 bits per heavy atom. The molecule has 0 aliphatic rings. The molecule has 0 saturated heterocycles. The number of halogens is 1.